The lowest BCUT2D eigenvalue weighted by molar-refractivity contribution is -0.675. The minimum Gasteiger partial charge on any atom is -0.494 e. The SMILES string of the molecule is CCCCCCCCCCCCCCCCOc1ccc(/C=C/c2cccc(/C=C/c3ccc(OCCCCCCCCCCCCCCCC)cc3)[n+]2C)cc1. The maximum atomic E-state index is 6.05. The molecule has 0 aliphatic rings. The molecule has 0 N–H and O–H groups in total. The molecule has 3 aromatic rings. The van der Waals surface area contributed by atoms with E-state index in [2.05, 4.69) is 116 Å². The smallest absolute Gasteiger partial charge is 0.205 e. The Bertz CT molecular complexity index is 1320. The summed E-state index contributed by atoms with van der Waals surface area (Å²) in [6, 6.07) is 23.4. The molecule has 316 valence electrons. The highest BCUT2D eigenvalue weighted by atomic mass is 16.5. The zero-order valence-electron chi connectivity index (χ0n) is 37.1. The molecule has 0 saturated heterocycles. The number of benzene rings is 2. The Morgan fingerprint density at radius 1 is 0.351 bits per heavy atom. The van der Waals surface area contributed by atoms with E-state index in [-0.39, 0.29) is 0 Å². The molecular formula is C54H84NO2+. The summed E-state index contributed by atoms with van der Waals surface area (Å²) in [6.45, 7) is 6.20. The van der Waals surface area contributed by atoms with Crippen molar-refractivity contribution >= 4 is 24.3 Å². The molecular weight excluding hydrogens is 695 g/mol. The van der Waals surface area contributed by atoms with Gasteiger partial charge in [0.15, 0.2) is 0 Å². The van der Waals surface area contributed by atoms with Crippen LogP contribution in [0.15, 0.2) is 66.7 Å². The Hall–Kier alpha value is -3.33. The number of nitrogens with zero attached hydrogens (tertiary/aromatic N) is 1. The van der Waals surface area contributed by atoms with E-state index < -0.39 is 0 Å². The molecule has 0 unspecified atom stereocenters. The maximum Gasteiger partial charge on any atom is 0.205 e. The molecule has 0 fully saturated rings. The minimum atomic E-state index is 0.806. The Kier molecular flexibility index (Phi) is 28.3. The third kappa shape index (κ3) is 24.3. The van der Waals surface area contributed by atoms with Crippen molar-refractivity contribution in [2.45, 2.75) is 194 Å². The average Bonchev–Trinajstić information content (AvgIpc) is 3.23. The molecule has 0 radical (unpaired) electrons. The van der Waals surface area contributed by atoms with Gasteiger partial charge in [0.05, 0.1) is 13.2 Å². The summed E-state index contributed by atoms with van der Waals surface area (Å²) in [7, 11) is 2.13. The van der Waals surface area contributed by atoms with Gasteiger partial charge in [-0.1, -0.05) is 205 Å². The Morgan fingerprint density at radius 3 is 0.930 bits per heavy atom. The normalized spacial score (nSPS) is 11.6. The van der Waals surface area contributed by atoms with Crippen LogP contribution in [-0.2, 0) is 7.05 Å². The van der Waals surface area contributed by atoms with Crippen LogP contribution in [0.2, 0.25) is 0 Å². The van der Waals surface area contributed by atoms with Crippen molar-refractivity contribution in [3.05, 3.63) is 89.2 Å². The van der Waals surface area contributed by atoms with Crippen LogP contribution >= 0.6 is 0 Å². The van der Waals surface area contributed by atoms with E-state index in [1.165, 1.54) is 178 Å². The second kappa shape index (κ2) is 33.6. The lowest BCUT2D eigenvalue weighted by Gasteiger charge is -2.07. The molecule has 3 heteroatoms. The lowest BCUT2D eigenvalue weighted by atomic mass is 10.0. The molecule has 0 bridgehead atoms. The maximum absolute atomic E-state index is 6.05. The molecule has 0 spiro atoms. The average molecular weight is 779 g/mol. The van der Waals surface area contributed by atoms with E-state index >= 15 is 0 Å². The van der Waals surface area contributed by atoms with E-state index in [1.54, 1.807) is 0 Å². The van der Waals surface area contributed by atoms with Gasteiger partial charge in [-0.3, -0.25) is 0 Å². The van der Waals surface area contributed by atoms with E-state index in [0.717, 1.165) is 48.9 Å². The van der Waals surface area contributed by atoms with Crippen molar-refractivity contribution in [3.8, 4) is 11.5 Å². The molecule has 3 rings (SSSR count). The first-order chi connectivity index (χ1) is 28.2. The van der Waals surface area contributed by atoms with Gasteiger partial charge in [-0.2, -0.15) is 4.57 Å². The topological polar surface area (TPSA) is 22.3 Å². The van der Waals surface area contributed by atoms with Gasteiger partial charge in [0, 0.05) is 24.3 Å². The first kappa shape index (κ1) is 48.0. The van der Waals surface area contributed by atoms with E-state index in [0.29, 0.717) is 0 Å². The number of unbranched alkanes of at least 4 members (excludes halogenated alkanes) is 26. The predicted octanol–water partition coefficient (Wildman–Crippen LogP) is 16.6. The highest BCUT2D eigenvalue weighted by Gasteiger charge is 2.07. The molecule has 1 heterocycles. The molecule has 57 heavy (non-hydrogen) atoms. The van der Waals surface area contributed by atoms with Crippen LogP contribution < -0.4 is 14.0 Å². The zero-order valence-corrected chi connectivity index (χ0v) is 37.1. The van der Waals surface area contributed by atoms with E-state index in [4.69, 9.17) is 9.47 Å². The van der Waals surface area contributed by atoms with Crippen molar-refractivity contribution < 1.29 is 14.0 Å². The number of aromatic nitrogens is 1. The van der Waals surface area contributed by atoms with Crippen LogP contribution in [0.5, 0.6) is 11.5 Å². The van der Waals surface area contributed by atoms with Crippen molar-refractivity contribution in [1.29, 1.82) is 0 Å². The van der Waals surface area contributed by atoms with Gasteiger partial charge in [-0.05, 0) is 66.5 Å². The quantitative estimate of drug-likeness (QED) is 0.0433. The minimum absolute atomic E-state index is 0.806. The van der Waals surface area contributed by atoms with Crippen LogP contribution in [-0.4, -0.2) is 13.2 Å². The monoisotopic (exact) mass is 779 g/mol. The largest absolute Gasteiger partial charge is 0.494 e. The van der Waals surface area contributed by atoms with Gasteiger partial charge >= 0.3 is 0 Å². The van der Waals surface area contributed by atoms with Crippen LogP contribution in [0.25, 0.3) is 24.3 Å². The zero-order chi connectivity index (χ0) is 40.3. The molecule has 3 nitrogen and oxygen atoms in total. The van der Waals surface area contributed by atoms with Crippen molar-refractivity contribution in [2.24, 2.45) is 7.05 Å². The fourth-order valence-corrected chi connectivity index (χ4v) is 7.64. The molecule has 2 aromatic carbocycles. The summed E-state index contributed by atoms with van der Waals surface area (Å²) >= 11 is 0. The Morgan fingerprint density at radius 2 is 0.632 bits per heavy atom. The van der Waals surface area contributed by atoms with Crippen LogP contribution in [0.1, 0.15) is 216 Å². The molecule has 0 aliphatic heterocycles. The number of rotatable bonds is 36. The van der Waals surface area contributed by atoms with Crippen LogP contribution in [0.3, 0.4) is 0 Å². The van der Waals surface area contributed by atoms with Gasteiger partial charge in [-0.15, -0.1) is 0 Å². The highest BCUT2D eigenvalue weighted by Crippen LogP contribution is 2.19. The van der Waals surface area contributed by atoms with Gasteiger partial charge in [0.1, 0.15) is 18.5 Å². The predicted molar refractivity (Wildman–Crippen MR) is 250 cm³/mol. The number of ether oxygens (including phenoxy) is 2. The third-order valence-corrected chi connectivity index (χ3v) is 11.5. The van der Waals surface area contributed by atoms with Gasteiger partial charge in [-0.25, -0.2) is 0 Å². The van der Waals surface area contributed by atoms with Crippen molar-refractivity contribution in [3.63, 3.8) is 0 Å². The molecule has 0 atom stereocenters. The molecule has 0 aliphatic carbocycles. The molecule has 1 aromatic heterocycles. The highest BCUT2D eigenvalue weighted by molar-refractivity contribution is 5.69. The summed E-state index contributed by atoms with van der Waals surface area (Å²) in [6.07, 6.45) is 47.3. The Labute approximate surface area is 351 Å². The van der Waals surface area contributed by atoms with Gasteiger partial charge in [0.2, 0.25) is 11.4 Å². The van der Waals surface area contributed by atoms with Gasteiger partial charge in [0.25, 0.3) is 0 Å². The van der Waals surface area contributed by atoms with Crippen molar-refractivity contribution in [1.82, 2.24) is 0 Å². The summed E-state index contributed by atoms with van der Waals surface area (Å²) < 4.78 is 14.3. The summed E-state index contributed by atoms with van der Waals surface area (Å²) in [5.41, 5.74) is 4.66. The molecule has 0 amide bonds. The molecule has 0 saturated carbocycles. The first-order valence-electron chi connectivity index (χ1n) is 24.0. The lowest BCUT2D eigenvalue weighted by Crippen LogP contribution is -2.35. The fraction of sp³-hybridized carbons (Fsp3) is 0.611. The van der Waals surface area contributed by atoms with E-state index in [1.807, 2.05) is 0 Å². The summed E-state index contributed by atoms with van der Waals surface area (Å²) in [4.78, 5) is 0. The van der Waals surface area contributed by atoms with Crippen molar-refractivity contribution in [2.75, 3.05) is 13.2 Å². The van der Waals surface area contributed by atoms with Gasteiger partial charge < -0.3 is 9.47 Å². The number of hydrogen-bond donors (Lipinski definition) is 0. The van der Waals surface area contributed by atoms with Crippen LogP contribution in [0, 0.1) is 0 Å². The Balaban J connectivity index is 1.24. The fourth-order valence-electron chi connectivity index (χ4n) is 7.64. The summed E-state index contributed by atoms with van der Waals surface area (Å²) in [5.74, 6) is 1.92. The standard InChI is InChI=1S/C54H84NO2/c1-4-6-8-10-12-14-16-18-20-22-24-26-28-30-47-56-53-43-37-49(38-44-53)35-41-51-33-32-34-52(55(51)3)42-36-50-39-45-54(46-40-50)57-48-31-29-27-25-23-21-19-17-15-13-11-9-7-5-2/h32-46H,4-31,47-48H2,1-3H3/q+1/b41-35+,42-36+. The van der Waals surface area contributed by atoms with Crippen LogP contribution in [0.4, 0.5) is 0 Å². The third-order valence-electron chi connectivity index (χ3n) is 11.5. The number of hydrogen-bond acceptors (Lipinski definition) is 2. The number of pyridine rings is 1. The second-order valence-corrected chi connectivity index (χ2v) is 16.6. The van der Waals surface area contributed by atoms with E-state index in [9.17, 15) is 0 Å². The summed E-state index contributed by atoms with van der Waals surface area (Å²) in [5, 5.41) is 0. The second-order valence-electron chi connectivity index (χ2n) is 16.6. The first-order valence-corrected chi connectivity index (χ1v) is 24.0.